The Balaban J connectivity index is 1.54. The lowest BCUT2D eigenvalue weighted by Gasteiger charge is -2.38. The van der Waals surface area contributed by atoms with Crippen LogP contribution in [0.3, 0.4) is 0 Å². The number of rotatable bonds is 7. The molecular formula is C24H37N5O. The number of hydrogen-bond donors (Lipinski definition) is 1. The van der Waals surface area contributed by atoms with Crippen molar-refractivity contribution >= 4 is 23.2 Å². The number of aromatic nitrogens is 1. The molecule has 1 aromatic heterocycles. The van der Waals surface area contributed by atoms with Gasteiger partial charge in [-0.3, -0.25) is 9.69 Å². The van der Waals surface area contributed by atoms with Crippen LogP contribution < -0.4 is 10.2 Å². The molecule has 0 radical (unpaired) electrons. The number of carbonyl (C=O) groups excluding carboxylic acids is 1. The molecule has 2 aliphatic heterocycles. The minimum absolute atomic E-state index is 0.114. The zero-order chi connectivity index (χ0) is 20.9. The van der Waals surface area contributed by atoms with E-state index in [2.05, 4.69) is 39.6 Å². The van der Waals surface area contributed by atoms with Gasteiger partial charge < -0.3 is 15.1 Å². The number of nitrogens with zero attached hydrogens (tertiary/aromatic N) is 4. The fourth-order valence-electron chi connectivity index (χ4n) is 4.57. The van der Waals surface area contributed by atoms with Crippen molar-refractivity contribution in [2.75, 3.05) is 56.0 Å². The molecule has 1 amide bonds. The van der Waals surface area contributed by atoms with Crippen molar-refractivity contribution in [2.24, 2.45) is 5.92 Å². The van der Waals surface area contributed by atoms with Crippen LogP contribution in [0.5, 0.6) is 0 Å². The molecule has 0 aromatic carbocycles. The van der Waals surface area contributed by atoms with Gasteiger partial charge in [-0.05, 0) is 50.8 Å². The number of carbonyl (C=O) groups is 1. The first-order valence-electron chi connectivity index (χ1n) is 11.9. The monoisotopic (exact) mass is 411 g/mol. The quantitative estimate of drug-likeness (QED) is 0.739. The molecule has 1 aromatic rings. The molecule has 4 rings (SSSR count). The van der Waals surface area contributed by atoms with Crippen LogP contribution in [-0.2, 0) is 4.79 Å². The molecule has 3 fully saturated rings. The van der Waals surface area contributed by atoms with E-state index in [-0.39, 0.29) is 11.8 Å². The fraction of sp³-hybridized carbons (Fsp3) is 0.667. The van der Waals surface area contributed by atoms with Crippen LogP contribution in [0, 0.1) is 5.92 Å². The third-order valence-electron chi connectivity index (χ3n) is 6.58. The molecule has 1 N–H and O–H groups in total. The van der Waals surface area contributed by atoms with Gasteiger partial charge in [0.05, 0.1) is 0 Å². The molecule has 1 saturated carbocycles. The van der Waals surface area contributed by atoms with E-state index in [9.17, 15) is 4.79 Å². The standard InChI is InChI=1S/C24H37N5O/c1-3-12-27-15-17-28(18-16-27)19(2)21-10-11-22(26-24(30)20-8-9-20)25-23(21)29-13-6-4-5-7-14-29/h10-11,20H,2-9,12-18H2,1H3,(H,25,26,30). The Morgan fingerprint density at radius 2 is 1.77 bits per heavy atom. The SMILES string of the molecule is C=C(c1ccc(NC(=O)C2CC2)nc1N1CCCCCC1)N1CCN(CCC)CC1. The molecule has 1 aliphatic carbocycles. The molecule has 164 valence electrons. The molecule has 30 heavy (non-hydrogen) atoms. The molecule has 0 unspecified atom stereocenters. The summed E-state index contributed by atoms with van der Waals surface area (Å²) in [6, 6.07) is 4.08. The van der Waals surface area contributed by atoms with Crippen molar-refractivity contribution in [2.45, 2.75) is 51.9 Å². The molecule has 0 bridgehead atoms. The molecule has 0 atom stereocenters. The maximum Gasteiger partial charge on any atom is 0.228 e. The number of anilines is 2. The lowest BCUT2D eigenvalue weighted by atomic mass is 10.1. The summed E-state index contributed by atoms with van der Waals surface area (Å²) in [4.78, 5) is 24.6. The van der Waals surface area contributed by atoms with Crippen molar-refractivity contribution < 1.29 is 4.79 Å². The Morgan fingerprint density at radius 1 is 1.07 bits per heavy atom. The number of amides is 1. The topological polar surface area (TPSA) is 51.7 Å². The van der Waals surface area contributed by atoms with Gasteiger partial charge in [-0.15, -0.1) is 0 Å². The largest absolute Gasteiger partial charge is 0.369 e. The Bertz CT molecular complexity index is 744. The first-order chi connectivity index (χ1) is 14.7. The van der Waals surface area contributed by atoms with Gasteiger partial charge in [0.25, 0.3) is 0 Å². The average Bonchev–Trinajstić information content (AvgIpc) is 3.61. The van der Waals surface area contributed by atoms with Gasteiger partial charge in [-0.25, -0.2) is 4.98 Å². The zero-order valence-electron chi connectivity index (χ0n) is 18.5. The van der Waals surface area contributed by atoms with E-state index in [0.29, 0.717) is 5.82 Å². The third kappa shape index (κ3) is 5.15. The van der Waals surface area contributed by atoms with Crippen LogP contribution in [0.2, 0.25) is 0 Å². The second-order valence-corrected chi connectivity index (χ2v) is 9.01. The highest BCUT2D eigenvalue weighted by molar-refractivity contribution is 5.93. The van der Waals surface area contributed by atoms with E-state index in [1.165, 1.54) is 38.6 Å². The number of piperazine rings is 1. The number of nitrogens with one attached hydrogen (secondary N) is 1. The first-order valence-corrected chi connectivity index (χ1v) is 11.9. The average molecular weight is 412 g/mol. The van der Waals surface area contributed by atoms with Gasteiger partial charge in [-0.1, -0.05) is 26.3 Å². The van der Waals surface area contributed by atoms with Crippen molar-refractivity contribution in [1.82, 2.24) is 14.8 Å². The fourth-order valence-corrected chi connectivity index (χ4v) is 4.57. The second kappa shape index (κ2) is 9.82. The second-order valence-electron chi connectivity index (χ2n) is 9.01. The Morgan fingerprint density at radius 3 is 2.40 bits per heavy atom. The van der Waals surface area contributed by atoms with E-state index < -0.39 is 0 Å². The molecular weight excluding hydrogens is 374 g/mol. The summed E-state index contributed by atoms with van der Waals surface area (Å²) in [7, 11) is 0. The normalized spacial score (nSPS) is 20.7. The summed E-state index contributed by atoms with van der Waals surface area (Å²) >= 11 is 0. The number of pyridine rings is 1. The lowest BCUT2D eigenvalue weighted by molar-refractivity contribution is -0.117. The maximum atomic E-state index is 12.3. The van der Waals surface area contributed by atoms with E-state index in [0.717, 1.165) is 69.2 Å². The summed E-state index contributed by atoms with van der Waals surface area (Å²) in [5, 5.41) is 3.04. The lowest BCUT2D eigenvalue weighted by Crippen LogP contribution is -2.45. The third-order valence-corrected chi connectivity index (χ3v) is 6.58. The van der Waals surface area contributed by atoms with E-state index in [1.54, 1.807) is 0 Å². The van der Waals surface area contributed by atoms with Crippen molar-refractivity contribution in [1.29, 1.82) is 0 Å². The van der Waals surface area contributed by atoms with Crippen LogP contribution in [0.15, 0.2) is 18.7 Å². The molecule has 0 spiro atoms. The Labute approximate surface area is 181 Å². The molecule has 2 saturated heterocycles. The predicted octanol–water partition coefficient (Wildman–Crippen LogP) is 3.81. The minimum atomic E-state index is 0.114. The maximum absolute atomic E-state index is 12.3. The van der Waals surface area contributed by atoms with Gasteiger partial charge >= 0.3 is 0 Å². The van der Waals surface area contributed by atoms with E-state index >= 15 is 0 Å². The molecule has 3 aliphatic rings. The highest BCUT2D eigenvalue weighted by atomic mass is 16.2. The minimum Gasteiger partial charge on any atom is -0.369 e. The smallest absolute Gasteiger partial charge is 0.228 e. The van der Waals surface area contributed by atoms with Crippen LogP contribution >= 0.6 is 0 Å². The van der Waals surface area contributed by atoms with Gasteiger partial charge in [0.15, 0.2) is 0 Å². The molecule has 3 heterocycles. The summed E-state index contributed by atoms with van der Waals surface area (Å²) in [5.41, 5.74) is 2.18. The predicted molar refractivity (Wildman–Crippen MR) is 124 cm³/mol. The van der Waals surface area contributed by atoms with Gasteiger partial charge in [0.1, 0.15) is 11.6 Å². The first kappa shape index (κ1) is 21.2. The van der Waals surface area contributed by atoms with E-state index in [1.807, 2.05) is 6.07 Å². The number of hydrogen-bond acceptors (Lipinski definition) is 5. The molecule has 6 heteroatoms. The van der Waals surface area contributed by atoms with Crippen LogP contribution in [0.25, 0.3) is 5.70 Å². The summed E-state index contributed by atoms with van der Waals surface area (Å²) < 4.78 is 0. The van der Waals surface area contributed by atoms with Crippen LogP contribution in [0.1, 0.15) is 57.4 Å². The van der Waals surface area contributed by atoms with Crippen molar-refractivity contribution in [3.8, 4) is 0 Å². The summed E-state index contributed by atoms with van der Waals surface area (Å²) in [6.07, 6.45) is 8.17. The summed E-state index contributed by atoms with van der Waals surface area (Å²) in [6.45, 7) is 14.2. The van der Waals surface area contributed by atoms with Crippen LogP contribution in [0.4, 0.5) is 11.6 Å². The van der Waals surface area contributed by atoms with Crippen molar-refractivity contribution in [3.63, 3.8) is 0 Å². The van der Waals surface area contributed by atoms with Gasteiger partial charge in [0.2, 0.25) is 5.91 Å². The highest BCUT2D eigenvalue weighted by Gasteiger charge is 2.30. The zero-order valence-corrected chi connectivity index (χ0v) is 18.5. The Hall–Kier alpha value is -2.08. The Kier molecular flexibility index (Phi) is 6.93. The van der Waals surface area contributed by atoms with Crippen LogP contribution in [-0.4, -0.2) is 66.5 Å². The highest BCUT2D eigenvalue weighted by Crippen LogP contribution is 2.33. The van der Waals surface area contributed by atoms with Gasteiger partial charge in [0, 0.05) is 56.4 Å². The summed E-state index contributed by atoms with van der Waals surface area (Å²) in [5.74, 6) is 1.97. The van der Waals surface area contributed by atoms with Gasteiger partial charge in [-0.2, -0.15) is 0 Å². The molecule has 6 nitrogen and oxygen atoms in total. The van der Waals surface area contributed by atoms with Crippen molar-refractivity contribution in [3.05, 3.63) is 24.3 Å². The van der Waals surface area contributed by atoms with E-state index in [4.69, 9.17) is 4.98 Å².